The summed E-state index contributed by atoms with van der Waals surface area (Å²) < 4.78 is 21.0. The van der Waals surface area contributed by atoms with Crippen LogP contribution in [0.1, 0.15) is 39.0 Å². The van der Waals surface area contributed by atoms with E-state index >= 15 is 0 Å². The fourth-order valence-electron chi connectivity index (χ4n) is 3.29. The zero-order chi connectivity index (χ0) is 19.0. The molecule has 6 heteroatoms. The molecule has 1 saturated heterocycles. The average Bonchev–Trinajstić information content (AvgIpc) is 3.32. The number of likely N-dealkylation sites (tertiary alicyclic amines) is 1. The highest BCUT2D eigenvalue weighted by Gasteiger charge is 2.36. The minimum atomic E-state index is -0.268. The van der Waals surface area contributed by atoms with Crippen LogP contribution in [0.25, 0.3) is 0 Å². The number of methoxy groups -OCH3 is 3. The highest BCUT2D eigenvalue weighted by Crippen LogP contribution is 2.30. The molecule has 1 amide bonds. The van der Waals surface area contributed by atoms with Crippen molar-refractivity contribution in [2.24, 2.45) is 0 Å². The van der Waals surface area contributed by atoms with Gasteiger partial charge in [-0.15, -0.1) is 0 Å². The molecule has 1 saturated carbocycles. The van der Waals surface area contributed by atoms with E-state index in [0.29, 0.717) is 12.6 Å². The zero-order valence-electron chi connectivity index (χ0n) is 16.3. The summed E-state index contributed by atoms with van der Waals surface area (Å²) in [6.45, 7) is 3.34. The summed E-state index contributed by atoms with van der Waals surface area (Å²) in [4.78, 5) is 12.7. The second kappa shape index (κ2) is 9.67. The average molecular weight is 365 g/mol. The lowest BCUT2D eigenvalue weighted by molar-refractivity contribution is 0.0147. The van der Waals surface area contributed by atoms with Gasteiger partial charge in [-0.05, 0) is 51.2 Å². The van der Waals surface area contributed by atoms with Crippen LogP contribution in [-0.4, -0.2) is 57.1 Å². The molecule has 1 aliphatic heterocycles. The van der Waals surface area contributed by atoms with Gasteiger partial charge in [0, 0.05) is 13.7 Å². The first kappa shape index (κ1) is 20.4. The molecule has 0 radical (unpaired) electrons. The zero-order valence-corrected chi connectivity index (χ0v) is 16.3. The summed E-state index contributed by atoms with van der Waals surface area (Å²) in [6.07, 6.45) is 5.94. The molecule has 1 aromatic rings. The van der Waals surface area contributed by atoms with Gasteiger partial charge in [0.2, 0.25) is 0 Å². The van der Waals surface area contributed by atoms with Crippen molar-refractivity contribution in [3.05, 3.63) is 24.3 Å². The third-order valence-electron chi connectivity index (χ3n) is 5.03. The van der Waals surface area contributed by atoms with E-state index in [9.17, 15) is 4.79 Å². The lowest BCUT2D eigenvalue weighted by Crippen LogP contribution is -2.35. The predicted octanol–water partition coefficient (Wildman–Crippen LogP) is 3.88. The lowest BCUT2D eigenvalue weighted by atomic mass is 10.1. The van der Waals surface area contributed by atoms with Crippen LogP contribution in [0.15, 0.2) is 24.3 Å². The van der Waals surface area contributed by atoms with Crippen molar-refractivity contribution in [3.63, 3.8) is 0 Å². The number of nitrogens with zero attached hydrogens (tertiary/aromatic N) is 1. The fourth-order valence-corrected chi connectivity index (χ4v) is 3.29. The number of amides is 1. The molecule has 0 spiro atoms. The van der Waals surface area contributed by atoms with Gasteiger partial charge < -0.3 is 23.8 Å². The number of hydrogen-bond acceptors (Lipinski definition) is 5. The Morgan fingerprint density at radius 3 is 2.31 bits per heavy atom. The molecule has 0 N–H and O–H groups in total. The third-order valence-corrected chi connectivity index (χ3v) is 5.03. The van der Waals surface area contributed by atoms with Crippen molar-refractivity contribution in [3.8, 4) is 11.5 Å². The van der Waals surface area contributed by atoms with Gasteiger partial charge in [-0.25, -0.2) is 4.79 Å². The molecule has 0 aromatic heterocycles. The molecule has 1 heterocycles. The molecule has 2 fully saturated rings. The first-order valence-corrected chi connectivity index (χ1v) is 9.19. The van der Waals surface area contributed by atoms with E-state index in [0.717, 1.165) is 24.5 Å². The Morgan fingerprint density at radius 2 is 1.77 bits per heavy atom. The predicted molar refractivity (Wildman–Crippen MR) is 99.9 cm³/mol. The van der Waals surface area contributed by atoms with Crippen LogP contribution in [0.2, 0.25) is 0 Å². The van der Waals surface area contributed by atoms with Gasteiger partial charge >= 0.3 is 6.09 Å². The maximum absolute atomic E-state index is 11.1. The van der Waals surface area contributed by atoms with Gasteiger partial charge in [-0.1, -0.05) is 12.1 Å². The molecule has 1 aromatic carbocycles. The van der Waals surface area contributed by atoms with E-state index in [1.165, 1.54) is 32.8 Å². The van der Waals surface area contributed by atoms with E-state index in [1.54, 1.807) is 19.1 Å². The van der Waals surface area contributed by atoms with Gasteiger partial charge in [-0.2, -0.15) is 0 Å². The van der Waals surface area contributed by atoms with Gasteiger partial charge in [-0.3, -0.25) is 0 Å². The number of ether oxygens (including phenoxy) is 4. The topological polar surface area (TPSA) is 57.2 Å². The lowest BCUT2D eigenvalue weighted by Gasteiger charge is -2.22. The normalized spacial score (nSPS) is 22.5. The molecule has 2 aliphatic rings. The molecule has 1 aliphatic carbocycles. The van der Waals surface area contributed by atoms with Crippen LogP contribution in [0.3, 0.4) is 0 Å². The van der Waals surface area contributed by atoms with Crippen LogP contribution in [-0.2, 0) is 9.47 Å². The van der Waals surface area contributed by atoms with Crippen molar-refractivity contribution in [1.82, 2.24) is 4.90 Å². The van der Waals surface area contributed by atoms with Crippen molar-refractivity contribution in [2.45, 2.75) is 50.7 Å². The first-order chi connectivity index (χ1) is 12.5. The number of benzene rings is 1. The minimum absolute atomic E-state index is 0.186. The molecular formula is C20H31NO5. The maximum atomic E-state index is 11.1. The number of para-hydroxylation sites is 2. The Kier molecular flexibility index (Phi) is 7.57. The van der Waals surface area contributed by atoms with Crippen molar-refractivity contribution >= 4 is 6.09 Å². The van der Waals surface area contributed by atoms with Crippen LogP contribution in [0, 0.1) is 0 Å². The summed E-state index contributed by atoms with van der Waals surface area (Å²) >= 11 is 0. The smallest absolute Gasteiger partial charge is 0.409 e. The molecule has 6 nitrogen and oxygen atoms in total. The number of rotatable bonds is 4. The minimum Gasteiger partial charge on any atom is -0.493 e. The molecule has 146 valence electrons. The highest BCUT2D eigenvalue weighted by atomic mass is 16.5. The van der Waals surface area contributed by atoms with E-state index in [-0.39, 0.29) is 11.7 Å². The molecular weight excluding hydrogens is 334 g/mol. The van der Waals surface area contributed by atoms with Gasteiger partial charge in [0.25, 0.3) is 0 Å². The van der Waals surface area contributed by atoms with Crippen LogP contribution in [0.4, 0.5) is 4.79 Å². The molecule has 3 rings (SSSR count). The van der Waals surface area contributed by atoms with Crippen molar-refractivity contribution in [2.75, 3.05) is 34.4 Å². The molecule has 1 atom stereocenters. The van der Waals surface area contributed by atoms with Crippen LogP contribution >= 0.6 is 0 Å². The Morgan fingerprint density at radius 1 is 1.12 bits per heavy atom. The summed E-state index contributed by atoms with van der Waals surface area (Å²) in [5, 5.41) is 0. The summed E-state index contributed by atoms with van der Waals surface area (Å²) in [5.41, 5.74) is -0.186. The Hall–Kier alpha value is -1.95. The largest absolute Gasteiger partial charge is 0.493 e. The summed E-state index contributed by atoms with van der Waals surface area (Å²) in [7, 11) is 4.74. The number of carbonyl (C=O) groups excluding carboxylic acids is 1. The molecule has 26 heavy (non-hydrogen) atoms. The number of hydrogen-bond donors (Lipinski definition) is 0. The molecule has 0 unspecified atom stereocenters. The fraction of sp³-hybridized carbons (Fsp3) is 0.650. The summed E-state index contributed by atoms with van der Waals surface area (Å²) in [6, 6.07) is 7.84. The van der Waals surface area contributed by atoms with Gasteiger partial charge in [0.15, 0.2) is 11.5 Å². The monoisotopic (exact) mass is 365 g/mol. The third kappa shape index (κ3) is 5.53. The maximum Gasteiger partial charge on any atom is 0.409 e. The Balaban J connectivity index is 0.000000190. The SMILES string of the molecule is COC(=O)N1CC[C@](C)(OC)C1.COc1ccccc1OC1CCCC1. The quantitative estimate of drug-likeness (QED) is 0.810. The highest BCUT2D eigenvalue weighted by molar-refractivity contribution is 5.67. The summed E-state index contributed by atoms with van der Waals surface area (Å²) in [5.74, 6) is 1.71. The van der Waals surface area contributed by atoms with E-state index in [2.05, 4.69) is 4.74 Å². The number of carbonyl (C=O) groups is 1. The second-order valence-electron chi connectivity index (χ2n) is 6.97. The Labute approximate surface area is 156 Å². The van der Waals surface area contributed by atoms with Crippen molar-refractivity contribution < 1.29 is 23.7 Å². The Bertz CT molecular complexity index is 573. The van der Waals surface area contributed by atoms with Crippen LogP contribution in [0.5, 0.6) is 11.5 Å². The standard InChI is InChI=1S/C12H16O2.C8H15NO3/c1-13-11-8-4-5-9-12(11)14-10-6-2-3-7-10;1-8(12-3)4-5-9(6-8)7(10)11-2/h4-5,8-10H,2-3,6-7H2,1H3;4-6H2,1-3H3/t;8-/m.0/s1. The van der Waals surface area contributed by atoms with E-state index < -0.39 is 0 Å². The first-order valence-electron chi connectivity index (χ1n) is 9.19. The second-order valence-corrected chi connectivity index (χ2v) is 6.97. The van der Waals surface area contributed by atoms with E-state index in [4.69, 9.17) is 14.2 Å². The van der Waals surface area contributed by atoms with Crippen molar-refractivity contribution in [1.29, 1.82) is 0 Å². The van der Waals surface area contributed by atoms with Gasteiger partial charge in [0.05, 0.1) is 32.5 Å². The van der Waals surface area contributed by atoms with Gasteiger partial charge in [0.1, 0.15) is 0 Å². The molecule has 0 bridgehead atoms. The van der Waals surface area contributed by atoms with E-state index in [1.807, 2.05) is 31.2 Å². The van der Waals surface area contributed by atoms with Crippen LogP contribution < -0.4 is 9.47 Å².